The number of fused-ring (bicyclic) bond motifs is 1. The molecule has 0 aromatic carbocycles. The number of hydrogen-bond acceptors (Lipinski definition) is 4. The molecule has 0 radical (unpaired) electrons. The fourth-order valence-electron chi connectivity index (χ4n) is 2.05. The van der Waals surface area contributed by atoms with Crippen molar-refractivity contribution in [2.24, 2.45) is 0 Å². The van der Waals surface area contributed by atoms with Crippen LogP contribution in [0.1, 0.15) is 5.69 Å². The molecule has 18 heavy (non-hydrogen) atoms. The van der Waals surface area contributed by atoms with E-state index in [9.17, 15) is 0 Å². The van der Waals surface area contributed by atoms with Gasteiger partial charge in [0.1, 0.15) is 4.60 Å². The number of aromatic nitrogens is 3. The van der Waals surface area contributed by atoms with E-state index in [0.717, 1.165) is 48.1 Å². The highest BCUT2D eigenvalue weighted by Crippen LogP contribution is 2.23. The van der Waals surface area contributed by atoms with E-state index < -0.39 is 0 Å². The average molecular weight is 332 g/mol. The van der Waals surface area contributed by atoms with Gasteiger partial charge in [-0.15, -0.1) is 11.6 Å². The molecule has 0 amide bonds. The quantitative estimate of drug-likeness (QED) is 0.790. The molecule has 0 unspecified atom stereocenters. The van der Waals surface area contributed by atoms with Crippen molar-refractivity contribution in [1.82, 2.24) is 14.4 Å². The zero-order valence-corrected chi connectivity index (χ0v) is 12.0. The summed E-state index contributed by atoms with van der Waals surface area (Å²) in [5, 5.41) is 0. The van der Waals surface area contributed by atoms with Gasteiger partial charge < -0.3 is 14.0 Å². The van der Waals surface area contributed by atoms with Crippen LogP contribution < -0.4 is 4.90 Å². The molecule has 0 atom stereocenters. The Hall–Kier alpha value is -0.850. The van der Waals surface area contributed by atoms with Gasteiger partial charge in [-0.25, -0.2) is 9.97 Å². The minimum atomic E-state index is 0.405. The fraction of sp³-hybridized carbons (Fsp3) is 0.455. The first-order valence-electron chi connectivity index (χ1n) is 5.70. The second kappa shape index (κ2) is 5.03. The molecule has 0 bridgehead atoms. The third-order valence-electron chi connectivity index (χ3n) is 2.89. The standard InChI is InChI=1S/C11H12BrClN4O/c12-9-7-17-6-8(5-13)14-10(17)11(15-9)16-1-3-18-4-2-16/h6-7H,1-5H2. The molecule has 0 saturated carbocycles. The topological polar surface area (TPSA) is 42.7 Å². The summed E-state index contributed by atoms with van der Waals surface area (Å²) in [7, 11) is 0. The lowest BCUT2D eigenvalue weighted by molar-refractivity contribution is 0.122. The van der Waals surface area contributed by atoms with Gasteiger partial charge in [-0.05, 0) is 15.9 Å². The molecule has 2 aromatic rings. The van der Waals surface area contributed by atoms with Crippen LogP contribution in [0.15, 0.2) is 17.0 Å². The van der Waals surface area contributed by atoms with Crippen molar-refractivity contribution in [3.05, 3.63) is 22.7 Å². The summed E-state index contributed by atoms with van der Waals surface area (Å²) in [6.07, 6.45) is 3.82. The molecule has 3 heterocycles. The summed E-state index contributed by atoms with van der Waals surface area (Å²) < 4.78 is 8.11. The van der Waals surface area contributed by atoms with Crippen LogP contribution >= 0.6 is 27.5 Å². The van der Waals surface area contributed by atoms with Gasteiger partial charge in [0.25, 0.3) is 0 Å². The third kappa shape index (κ3) is 2.20. The molecule has 0 N–H and O–H groups in total. The minimum absolute atomic E-state index is 0.405. The van der Waals surface area contributed by atoms with Gasteiger partial charge in [0.15, 0.2) is 11.5 Å². The van der Waals surface area contributed by atoms with Crippen LogP contribution in [-0.4, -0.2) is 40.7 Å². The molecule has 5 nitrogen and oxygen atoms in total. The zero-order valence-electron chi connectivity index (χ0n) is 9.64. The van der Waals surface area contributed by atoms with Crippen molar-refractivity contribution in [1.29, 1.82) is 0 Å². The van der Waals surface area contributed by atoms with Gasteiger partial charge in [-0.3, -0.25) is 0 Å². The lowest BCUT2D eigenvalue weighted by atomic mass is 10.4. The highest BCUT2D eigenvalue weighted by Gasteiger charge is 2.18. The molecule has 1 aliphatic heterocycles. The van der Waals surface area contributed by atoms with Crippen LogP contribution in [0.4, 0.5) is 5.82 Å². The maximum Gasteiger partial charge on any atom is 0.180 e. The van der Waals surface area contributed by atoms with E-state index in [0.29, 0.717) is 5.88 Å². The van der Waals surface area contributed by atoms with Crippen LogP contribution in [0.3, 0.4) is 0 Å². The SMILES string of the molecule is ClCc1cn2cc(Br)nc(N3CCOCC3)c2n1. The smallest absolute Gasteiger partial charge is 0.180 e. The molecule has 2 aromatic heterocycles. The van der Waals surface area contributed by atoms with Crippen LogP contribution in [0.2, 0.25) is 0 Å². The van der Waals surface area contributed by atoms with Crippen molar-refractivity contribution >= 4 is 39.0 Å². The first-order chi connectivity index (χ1) is 8.78. The predicted molar refractivity (Wildman–Crippen MR) is 73.3 cm³/mol. The van der Waals surface area contributed by atoms with Crippen molar-refractivity contribution < 1.29 is 4.74 Å². The van der Waals surface area contributed by atoms with Gasteiger partial charge in [0.05, 0.1) is 24.8 Å². The van der Waals surface area contributed by atoms with E-state index in [4.69, 9.17) is 16.3 Å². The van der Waals surface area contributed by atoms with E-state index >= 15 is 0 Å². The molecule has 1 aliphatic rings. The molecule has 1 saturated heterocycles. The normalized spacial score (nSPS) is 16.4. The molecule has 0 aliphatic carbocycles. The number of alkyl halides is 1. The summed E-state index contributed by atoms with van der Waals surface area (Å²) >= 11 is 9.27. The van der Waals surface area contributed by atoms with Gasteiger partial charge in [0.2, 0.25) is 0 Å². The van der Waals surface area contributed by atoms with E-state index in [-0.39, 0.29) is 0 Å². The highest BCUT2D eigenvalue weighted by atomic mass is 79.9. The van der Waals surface area contributed by atoms with Gasteiger partial charge in [0, 0.05) is 25.5 Å². The van der Waals surface area contributed by atoms with Gasteiger partial charge >= 0.3 is 0 Å². The Labute approximate surface area is 118 Å². The Morgan fingerprint density at radius 2 is 2.06 bits per heavy atom. The van der Waals surface area contributed by atoms with E-state index in [1.54, 1.807) is 0 Å². The second-order valence-electron chi connectivity index (χ2n) is 4.08. The lowest BCUT2D eigenvalue weighted by Crippen LogP contribution is -2.37. The first kappa shape index (κ1) is 12.2. The van der Waals surface area contributed by atoms with E-state index in [1.807, 2.05) is 16.8 Å². The number of hydrogen-bond donors (Lipinski definition) is 0. The number of halogens is 2. The summed E-state index contributed by atoms with van der Waals surface area (Å²) in [5.74, 6) is 1.28. The average Bonchev–Trinajstić information content (AvgIpc) is 2.81. The summed E-state index contributed by atoms with van der Waals surface area (Å²) in [6, 6.07) is 0. The lowest BCUT2D eigenvalue weighted by Gasteiger charge is -2.27. The molecule has 96 valence electrons. The Balaban J connectivity index is 2.10. The third-order valence-corrected chi connectivity index (χ3v) is 3.54. The fourth-order valence-corrected chi connectivity index (χ4v) is 2.57. The Morgan fingerprint density at radius 1 is 1.28 bits per heavy atom. The van der Waals surface area contributed by atoms with Crippen molar-refractivity contribution in [2.75, 3.05) is 31.2 Å². The van der Waals surface area contributed by atoms with Gasteiger partial charge in [-0.2, -0.15) is 0 Å². The minimum Gasteiger partial charge on any atom is -0.378 e. The van der Waals surface area contributed by atoms with Crippen molar-refractivity contribution in [3.8, 4) is 0 Å². The number of rotatable bonds is 2. The molecule has 0 spiro atoms. The monoisotopic (exact) mass is 330 g/mol. The van der Waals surface area contributed by atoms with Gasteiger partial charge in [-0.1, -0.05) is 0 Å². The molecule has 7 heteroatoms. The first-order valence-corrected chi connectivity index (χ1v) is 7.03. The number of nitrogens with zero attached hydrogens (tertiary/aromatic N) is 4. The Morgan fingerprint density at radius 3 is 2.78 bits per heavy atom. The Kier molecular flexibility index (Phi) is 3.41. The number of anilines is 1. The molecular formula is C11H12BrClN4O. The van der Waals surface area contributed by atoms with E-state index in [1.165, 1.54) is 0 Å². The maximum absolute atomic E-state index is 5.83. The van der Waals surface area contributed by atoms with E-state index in [2.05, 4.69) is 30.8 Å². The summed E-state index contributed by atoms with van der Waals surface area (Å²) in [6.45, 7) is 3.12. The predicted octanol–water partition coefficient (Wildman–Crippen LogP) is 2.07. The molecule has 3 rings (SSSR count). The number of morpholine rings is 1. The second-order valence-corrected chi connectivity index (χ2v) is 5.16. The molecular weight excluding hydrogens is 320 g/mol. The molecule has 1 fully saturated rings. The van der Waals surface area contributed by atoms with Crippen LogP contribution in [0.25, 0.3) is 5.65 Å². The number of ether oxygens (including phenoxy) is 1. The summed E-state index contributed by atoms with van der Waals surface area (Å²) in [5.41, 5.74) is 1.70. The summed E-state index contributed by atoms with van der Waals surface area (Å²) in [4.78, 5) is 11.2. The van der Waals surface area contributed by atoms with Crippen LogP contribution in [0.5, 0.6) is 0 Å². The number of imidazole rings is 1. The van der Waals surface area contributed by atoms with Crippen LogP contribution in [0, 0.1) is 0 Å². The van der Waals surface area contributed by atoms with Crippen LogP contribution in [-0.2, 0) is 10.6 Å². The zero-order chi connectivity index (χ0) is 12.5. The Bertz CT molecular complexity index is 567. The van der Waals surface area contributed by atoms with Crippen molar-refractivity contribution in [2.45, 2.75) is 5.88 Å². The maximum atomic E-state index is 5.83. The highest BCUT2D eigenvalue weighted by molar-refractivity contribution is 9.10. The largest absolute Gasteiger partial charge is 0.378 e. The van der Waals surface area contributed by atoms with Crippen molar-refractivity contribution in [3.63, 3.8) is 0 Å².